The number of benzene rings is 4. The zero-order valence-corrected chi connectivity index (χ0v) is 24.2. The molecule has 0 saturated carbocycles. The van der Waals surface area contributed by atoms with Crippen molar-refractivity contribution < 1.29 is 23.9 Å². The maximum absolute atomic E-state index is 13.5. The SMILES string of the molecule is COc1ccc(NC(=O)C(C)Sc2cccc(NC(=O)/C(=C\c3ccccc3OC)NC(=O)c3ccccc3)c2)cc1. The molecule has 0 fully saturated rings. The number of anilines is 2. The number of hydrogen-bond donors (Lipinski definition) is 3. The Morgan fingerprint density at radius 2 is 1.48 bits per heavy atom. The standard InChI is InChI=1S/C33H31N3O5S/c1-22(31(37)34-25-16-18-27(40-2)19-17-25)42-28-14-9-13-26(21-28)35-33(39)29(20-24-12-7-8-15-30(24)41-3)36-32(38)23-10-5-4-6-11-23/h4-22H,1-3H3,(H,34,37)(H,35,39)(H,36,38)/b29-20+. The molecule has 9 heteroatoms. The van der Waals surface area contributed by atoms with E-state index in [0.717, 1.165) is 4.90 Å². The second kappa shape index (κ2) is 14.6. The molecule has 0 heterocycles. The van der Waals surface area contributed by atoms with Crippen LogP contribution in [0.1, 0.15) is 22.8 Å². The average molecular weight is 582 g/mol. The van der Waals surface area contributed by atoms with Gasteiger partial charge in [-0.1, -0.05) is 42.5 Å². The first-order valence-corrected chi connectivity index (χ1v) is 14.0. The number of nitrogens with one attached hydrogen (secondary N) is 3. The van der Waals surface area contributed by atoms with Gasteiger partial charge in [0.05, 0.1) is 19.5 Å². The van der Waals surface area contributed by atoms with Crippen molar-refractivity contribution >= 4 is 46.9 Å². The first-order chi connectivity index (χ1) is 20.4. The summed E-state index contributed by atoms with van der Waals surface area (Å²) >= 11 is 1.35. The van der Waals surface area contributed by atoms with Crippen molar-refractivity contribution in [3.63, 3.8) is 0 Å². The van der Waals surface area contributed by atoms with Crippen molar-refractivity contribution in [1.82, 2.24) is 5.32 Å². The summed E-state index contributed by atoms with van der Waals surface area (Å²) in [5.41, 5.74) is 2.25. The van der Waals surface area contributed by atoms with Crippen molar-refractivity contribution in [2.45, 2.75) is 17.1 Å². The Labute approximate surface area is 249 Å². The quantitative estimate of drug-likeness (QED) is 0.143. The van der Waals surface area contributed by atoms with Crippen LogP contribution in [0.3, 0.4) is 0 Å². The lowest BCUT2D eigenvalue weighted by atomic mass is 10.1. The molecule has 214 valence electrons. The van der Waals surface area contributed by atoms with Gasteiger partial charge in [0.1, 0.15) is 17.2 Å². The molecule has 0 aliphatic heterocycles. The molecule has 3 amide bonds. The molecule has 8 nitrogen and oxygen atoms in total. The highest BCUT2D eigenvalue weighted by Gasteiger charge is 2.18. The van der Waals surface area contributed by atoms with Gasteiger partial charge in [-0.15, -0.1) is 11.8 Å². The van der Waals surface area contributed by atoms with Gasteiger partial charge in [0.25, 0.3) is 11.8 Å². The third-order valence-electron chi connectivity index (χ3n) is 6.10. The third-order valence-corrected chi connectivity index (χ3v) is 7.19. The van der Waals surface area contributed by atoms with Crippen LogP contribution in [-0.4, -0.2) is 37.2 Å². The van der Waals surface area contributed by atoms with E-state index in [4.69, 9.17) is 9.47 Å². The summed E-state index contributed by atoms with van der Waals surface area (Å²) in [6.07, 6.45) is 1.57. The molecule has 0 bridgehead atoms. The first-order valence-electron chi connectivity index (χ1n) is 13.1. The zero-order chi connectivity index (χ0) is 29.9. The van der Waals surface area contributed by atoms with Gasteiger partial charge in [0, 0.05) is 27.4 Å². The van der Waals surface area contributed by atoms with E-state index in [1.165, 1.54) is 18.9 Å². The van der Waals surface area contributed by atoms with Crippen molar-refractivity contribution in [3.05, 3.63) is 120 Å². The minimum atomic E-state index is -0.516. The lowest BCUT2D eigenvalue weighted by Crippen LogP contribution is -2.30. The maximum Gasteiger partial charge on any atom is 0.272 e. The maximum atomic E-state index is 13.5. The smallest absolute Gasteiger partial charge is 0.272 e. The van der Waals surface area contributed by atoms with Gasteiger partial charge < -0.3 is 25.4 Å². The van der Waals surface area contributed by atoms with Gasteiger partial charge in [-0.05, 0) is 73.7 Å². The van der Waals surface area contributed by atoms with E-state index in [1.807, 2.05) is 31.2 Å². The molecule has 0 spiro atoms. The molecule has 0 saturated heterocycles. The molecule has 4 aromatic carbocycles. The van der Waals surface area contributed by atoms with Gasteiger partial charge >= 0.3 is 0 Å². The molecule has 1 atom stereocenters. The van der Waals surface area contributed by atoms with Crippen LogP contribution in [-0.2, 0) is 9.59 Å². The second-order valence-corrected chi connectivity index (χ2v) is 10.5. The second-order valence-electron chi connectivity index (χ2n) is 9.08. The lowest BCUT2D eigenvalue weighted by molar-refractivity contribution is -0.115. The van der Waals surface area contributed by atoms with Gasteiger partial charge in [-0.3, -0.25) is 14.4 Å². The fourth-order valence-electron chi connectivity index (χ4n) is 3.91. The summed E-state index contributed by atoms with van der Waals surface area (Å²) in [5, 5.41) is 8.08. The minimum Gasteiger partial charge on any atom is -0.497 e. The Hall–Kier alpha value is -5.02. The third kappa shape index (κ3) is 8.25. The van der Waals surface area contributed by atoms with E-state index >= 15 is 0 Å². The predicted molar refractivity (Wildman–Crippen MR) is 167 cm³/mol. The van der Waals surface area contributed by atoms with Gasteiger partial charge in [0.15, 0.2) is 0 Å². The van der Waals surface area contributed by atoms with Crippen LogP contribution in [0.15, 0.2) is 114 Å². The average Bonchev–Trinajstić information content (AvgIpc) is 3.01. The van der Waals surface area contributed by atoms with E-state index in [0.29, 0.717) is 34.0 Å². The summed E-state index contributed by atoms with van der Waals surface area (Å²) in [6, 6.07) is 30.1. The minimum absolute atomic E-state index is 0.0404. The van der Waals surface area contributed by atoms with Crippen LogP contribution in [0.4, 0.5) is 11.4 Å². The van der Waals surface area contributed by atoms with Crippen molar-refractivity contribution in [2.24, 2.45) is 0 Å². The number of methoxy groups -OCH3 is 2. The zero-order valence-electron chi connectivity index (χ0n) is 23.4. The highest BCUT2D eigenvalue weighted by molar-refractivity contribution is 8.00. The summed E-state index contributed by atoms with van der Waals surface area (Å²) in [6.45, 7) is 1.81. The molecule has 42 heavy (non-hydrogen) atoms. The van der Waals surface area contributed by atoms with Crippen LogP contribution in [0.2, 0.25) is 0 Å². The first kappa shape index (κ1) is 30.0. The highest BCUT2D eigenvalue weighted by atomic mass is 32.2. The van der Waals surface area contributed by atoms with Crippen LogP contribution in [0.25, 0.3) is 6.08 Å². The molecule has 0 aliphatic rings. The fraction of sp³-hybridized carbons (Fsp3) is 0.121. The van der Waals surface area contributed by atoms with E-state index in [2.05, 4.69) is 16.0 Å². The molecule has 1 unspecified atom stereocenters. The number of para-hydroxylation sites is 1. The van der Waals surface area contributed by atoms with Gasteiger partial charge in [0.2, 0.25) is 5.91 Å². The topological polar surface area (TPSA) is 106 Å². The van der Waals surface area contributed by atoms with E-state index in [1.54, 1.807) is 92.0 Å². The molecule has 4 rings (SSSR count). The molecule has 0 radical (unpaired) electrons. The van der Waals surface area contributed by atoms with Crippen LogP contribution < -0.4 is 25.4 Å². The number of carbonyl (C=O) groups excluding carboxylic acids is 3. The normalized spacial score (nSPS) is 11.6. The molecule has 0 aliphatic carbocycles. The molecule has 3 N–H and O–H groups in total. The molecule has 0 aromatic heterocycles. The Morgan fingerprint density at radius 3 is 2.19 bits per heavy atom. The van der Waals surface area contributed by atoms with Gasteiger partial charge in [-0.25, -0.2) is 0 Å². The van der Waals surface area contributed by atoms with E-state index in [9.17, 15) is 14.4 Å². The Balaban J connectivity index is 1.48. The largest absolute Gasteiger partial charge is 0.497 e. The number of thioether (sulfide) groups is 1. The van der Waals surface area contributed by atoms with Crippen LogP contribution >= 0.6 is 11.8 Å². The number of rotatable bonds is 11. The summed E-state index contributed by atoms with van der Waals surface area (Å²) in [4.78, 5) is 40.0. The number of carbonyl (C=O) groups is 3. The highest BCUT2D eigenvalue weighted by Crippen LogP contribution is 2.27. The van der Waals surface area contributed by atoms with E-state index in [-0.39, 0.29) is 11.6 Å². The fourth-order valence-corrected chi connectivity index (χ4v) is 4.83. The molecular weight excluding hydrogens is 550 g/mol. The molecule has 4 aromatic rings. The Morgan fingerprint density at radius 1 is 0.762 bits per heavy atom. The number of ether oxygens (including phenoxy) is 2. The van der Waals surface area contributed by atoms with Crippen molar-refractivity contribution in [2.75, 3.05) is 24.9 Å². The Bertz CT molecular complexity index is 1570. The monoisotopic (exact) mass is 581 g/mol. The predicted octanol–water partition coefficient (Wildman–Crippen LogP) is 6.23. The van der Waals surface area contributed by atoms with Crippen molar-refractivity contribution in [3.8, 4) is 11.5 Å². The van der Waals surface area contributed by atoms with Crippen LogP contribution in [0, 0.1) is 0 Å². The summed E-state index contributed by atoms with van der Waals surface area (Å²) in [5.74, 6) is 0.155. The summed E-state index contributed by atoms with van der Waals surface area (Å²) < 4.78 is 10.6. The molecular formula is C33H31N3O5S. The van der Waals surface area contributed by atoms with Gasteiger partial charge in [-0.2, -0.15) is 0 Å². The number of amides is 3. The number of hydrogen-bond acceptors (Lipinski definition) is 6. The van der Waals surface area contributed by atoms with Crippen LogP contribution in [0.5, 0.6) is 11.5 Å². The summed E-state index contributed by atoms with van der Waals surface area (Å²) in [7, 11) is 3.12. The van der Waals surface area contributed by atoms with Crippen molar-refractivity contribution in [1.29, 1.82) is 0 Å². The lowest BCUT2D eigenvalue weighted by Gasteiger charge is -2.14. The van der Waals surface area contributed by atoms with E-state index < -0.39 is 17.1 Å². The Kier molecular flexibility index (Phi) is 10.4.